The zero-order valence-electron chi connectivity index (χ0n) is 9.32. The second kappa shape index (κ2) is 4.27. The molecule has 2 heterocycles. The number of hydrogen-bond acceptors (Lipinski definition) is 6. The fraction of sp³-hybridized carbons (Fsp3) is 0.111. The molecule has 2 aromatic rings. The molecular weight excluding hydrogens is 260 g/mol. The van der Waals surface area contributed by atoms with Crippen LogP contribution in [0.5, 0.6) is 0 Å². The SMILES string of the molecule is CNS(=O)(=O)c1ccc(C(=O)n2cc(N)cn2)o1. The molecule has 96 valence electrons. The molecule has 8 nitrogen and oxygen atoms in total. The zero-order valence-corrected chi connectivity index (χ0v) is 10.1. The van der Waals surface area contributed by atoms with Crippen LogP contribution < -0.4 is 10.5 Å². The van der Waals surface area contributed by atoms with Gasteiger partial charge in [0.1, 0.15) is 0 Å². The van der Waals surface area contributed by atoms with Crippen molar-refractivity contribution in [1.82, 2.24) is 14.5 Å². The molecule has 0 aliphatic carbocycles. The molecule has 0 aromatic carbocycles. The molecular formula is C9H10N4O4S. The van der Waals surface area contributed by atoms with Gasteiger partial charge < -0.3 is 10.2 Å². The quantitative estimate of drug-likeness (QED) is 0.786. The van der Waals surface area contributed by atoms with Crippen LogP contribution in [0, 0.1) is 0 Å². The fourth-order valence-electron chi connectivity index (χ4n) is 1.24. The lowest BCUT2D eigenvalue weighted by Gasteiger charge is -1.97. The van der Waals surface area contributed by atoms with Crippen LogP contribution in [0.1, 0.15) is 10.6 Å². The van der Waals surface area contributed by atoms with Crippen molar-refractivity contribution in [1.29, 1.82) is 0 Å². The Bertz CT molecular complexity index is 685. The summed E-state index contributed by atoms with van der Waals surface area (Å²) in [5.41, 5.74) is 5.74. The van der Waals surface area contributed by atoms with Crippen molar-refractivity contribution in [3.05, 3.63) is 30.3 Å². The normalized spacial score (nSPS) is 11.6. The van der Waals surface area contributed by atoms with Crippen LogP contribution in [0.25, 0.3) is 0 Å². The Morgan fingerprint density at radius 1 is 1.50 bits per heavy atom. The third kappa shape index (κ3) is 2.13. The van der Waals surface area contributed by atoms with Crippen LogP contribution in [0.2, 0.25) is 0 Å². The van der Waals surface area contributed by atoms with Crippen molar-refractivity contribution in [3.8, 4) is 0 Å². The van der Waals surface area contributed by atoms with Crippen LogP contribution >= 0.6 is 0 Å². The summed E-state index contributed by atoms with van der Waals surface area (Å²) in [7, 11) is -2.47. The number of furan rings is 1. The summed E-state index contributed by atoms with van der Waals surface area (Å²) in [6.07, 6.45) is 2.60. The van der Waals surface area contributed by atoms with E-state index in [0.717, 1.165) is 4.68 Å². The number of carbonyl (C=O) groups excluding carboxylic acids is 1. The summed E-state index contributed by atoms with van der Waals surface area (Å²) in [4.78, 5) is 11.8. The van der Waals surface area contributed by atoms with Crippen molar-refractivity contribution in [3.63, 3.8) is 0 Å². The molecule has 0 saturated heterocycles. The van der Waals surface area contributed by atoms with Gasteiger partial charge in [-0.3, -0.25) is 4.79 Å². The summed E-state index contributed by atoms with van der Waals surface area (Å²) < 4.78 is 30.8. The maximum atomic E-state index is 11.8. The number of rotatable bonds is 3. The first kappa shape index (κ1) is 12.3. The van der Waals surface area contributed by atoms with E-state index in [0.29, 0.717) is 5.69 Å². The average Bonchev–Trinajstić information content (AvgIpc) is 2.96. The second-order valence-corrected chi connectivity index (χ2v) is 5.17. The van der Waals surface area contributed by atoms with E-state index >= 15 is 0 Å². The standard InChI is InChI=1S/C9H10N4O4S/c1-11-18(15,16)8-3-2-7(17-8)9(14)13-5-6(10)4-12-13/h2-5,11H,10H2,1H3. The fourth-order valence-corrected chi connectivity index (χ4v) is 1.89. The number of nitrogen functional groups attached to an aromatic ring is 1. The molecule has 0 amide bonds. The second-order valence-electron chi connectivity index (χ2n) is 3.35. The first-order valence-electron chi connectivity index (χ1n) is 4.82. The number of carbonyl (C=O) groups is 1. The van der Waals surface area contributed by atoms with E-state index in [1.807, 2.05) is 0 Å². The lowest BCUT2D eigenvalue weighted by Crippen LogP contribution is -2.18. The molecule has 0 unspecified atom stereocenters. The molecule has 2 aromatic heterocycles. The Morgan fingerprint density at radius 3 is 2.78 bits per heavy atom. The van der Waals surface area contributed by atoms with Crippen molar-refractivity contribution >= 4 is 21.6 Å². The summed E-state index contributed by atoms with van der Waals surface area (Å²) in [6, 6.07) is 2.44. The third-order valence-electron chi connectivity index (χ3n) is 2.14. The monoisotopic (exact) mass is 270 g/mol. The molecule has 2 rings (SSSR count). The van der Waals surface area contributed by atoms with Gasteiger partial charge in [-0.15, -0.1) is 0 Å². The van der Waals surface area contributed by atoms with E-state index in [9.17, 15) is 13.2 Å². The minimum absolute atomic E-state index is 0.146. The number of nitrogens with one attached hydrogen (secondary N) is 1. The van der Waals surface area contributed by atoms with Crippen molar-refractivity contribution in [2.45, 2.75) is 5.09 Å². The van der Waals surface area contributed by atoms with E-state index in [-0.39, 0.29) is 10.9 Å². The molecule has 0 radical (unpaired) electrons. The minimum atomic E-state index is -3.71. The van der Waals surface area contributed by atoms with Gasteiger partial charge in [0.15, 0.2) is 5.76 Å². The summed E-state index contributed by atoms with van der Waals surface area (Å²) >= 11 is 0. The van der Waals surface area contributed by atoms with E-state index < -0.39 is 15.9 Å². The maximum absolute atomic E-state index is 11.8. The van der Waals surface area contributed by atoms with Crippen LogP contribution in [0.4, 0.5) is 5.69 Å². The van der Waals surface area contributed by atoms with Crippen LogP contribution in [0.3, 0.4) is 0 Å². The van der Waals surface area contributed by atoms with Crippen LogP contribution in [-0.4, -0.2) is 31.2 Å². The van der Waals surface area contributed by atoms with Gasteiger partial charge in [0, 0.05) is 0 Å². The Kier molecular flexibility index (Phi) is 2.93. The highest BCUT2D eigenvalue weighted by Gasteiger charge is 2.20. The predicted octanol–water partition coefficient (Wildman–Crippen LogP) is -0.345. The molecule has 18 heavy (non-hydrogen) atoms. The number of anilines is 1. The van der Waals surface area contributed by atoms with Crippen molar-refractivity contribution in [2.24, 2.45) is 0 Å². The number of sulfonamides is 1. The van der Waals surface area contributed by atoms with E-state index in [2.05, 4.69) is 9.82 Å². The van der Waals surface area contributed by atoms with E-state index in [1.54, 1.807) is 0 Å². The molecule has 9 heteroatoms. The van der Waals surface area contributed by atoms with Crippen LogP contribution in [0.15, 0.2) is 34.0 Å². The summed E-state index contributed by atoms with van der Waals surface area (Å²) in [6.45, 7) is 0. The first-order valence-corrected chi connectivity index (χ1v) is 6.30. The van der Waals surface area contributed by atoms with Gasteiger partial charge in [0.05, 0.1) is 18.1 Å². The molecule has 0 spiro atoms. The summed E-state index contributed by atoms with van der Waals surface area (Å²) in [5.74, 6) is -0.754. The van der Waals surface area contributed by atoms with Gasteiger partial charge in [0.2, 0.25) is 5.09 Å². The number of nitrogens with two attached hydrogens (primary N) is 1. The van der Waals surface area contributed by atoms with Gasteiger partial charge in [-0.05, 0) is 19.2 Å². The first-order chi connectivity index (χ1) is 8.44. The lowest BCUT2D eigenvalue weighted by molar-refractivity contribution is 0.0912. The van der Waals surface area contributed by atoms with Crippen LogP contribution in [-0.2, 0) is 10.0 Å². The molecule has 0 bridgehead atoms. The van der Waals surface area contributed by atoms with Gasteiger partial charge >= 0.3 is 5.91 Å². The van der Waals surface area contributed by atoms with Crippen molar-refractivity contribution < 1.29 is 17.6 Å². The summed E-state index contributed by atoms with van der Waals surface area (Å²) in [5, 5.41) is 3.36. The van der Waals surface area contributed by atoms with Gasteiger partial charge in [-0.2, -0.15) is 9.78 Å². The minimum Gasteiger partial charge on any atom is -0.438 e. The topological polar surface area (TPSA) is 120 Å². The van der Waals surface area contributed by atoms with Crippen molar-refractivity contribution in [2.75, 3.05) is 12.8 Å². The van der Waals surface area contributed by atoms with Gasteiger partial charge in [-0.1, -0.05) is 0 Å². The Hall–Kier alpha value is -2.13. The molecule has 0 aliphatic rings. The van der Waals surface area contributed by atoms with E-state index in [4.69, 9.17) is 10.2 Å². The molecule has 3 N–H and O–H groups in total. The number of nitrogens with zero attached hydrogens (tertiary/aromatic N) is 2. The molecule has 0 aliphatic heterocycles. The number of hydrogen-bond donors (Lipinski definition) is 2. The highest BCUT2D eigenvalue weighted by atomic mass is 32.2. The highest BCUT2D eigenvalue weighted by Crippen LogP contribution is 2.14. The molecule has 0 saturated carbocycles. The Balaban J connectivity index is 2.34. The Labute approximate surface area is 102 Å². The van der Waals surface area contributed by atoms with Gasteiger partial charge in [0.25, 0.3) is 10.0 Å². The smallest absolute Gasteiger partial charge is 0.313 e. The zero-order chi connectivity index (χ0) is 13.3. The average molecular weight is 270 g/mol. The predicted molar refractivity (Wildman–Crippen MR) is 61.3 cm³/mol. The lowest BCUT2D eigenvalue weighted by atomic mass is 10.4. The van der Waals surface area contributed by atoms with Gasteiger partial charge in [-0.25, -0.2) is 13.1 Å². The number of aromatic nitrogens is 2. The van der Waals surface area contributed by atoms with E-state index in [1.165, 1.54) is 31.6 Å². The maximum Gasteiger partial charge on any atom is 0.313 e. The third-order valence-corrected chi connectivity index (χ3v) is 3.42. The largest absolute Gasteiger partial charge is 0.438 e. The molecule has 0 fully saturated rings. The Morgan fingerprint density at radius 2 is 2.22 bits per heavy atom. The molecule has 0 atom stereocenters. The highest BCUT2D eigenvalue weighted by molar-refractivity contribution is 7.89.